The molecule has 0 bridgehead atoms. The number of benzene rings is 2. The van der Waals surface area contributed by atoms with E-state index in [4.69, 9.17) is 19.0 Å². The van der Waals surface area contributed by atoms with Gasteiger partial charge in [0.1, 0.15) is 18.1 Å². The maximum Gasteiger partial charge on any atom is 0.212 e. The highest BCUT2D eigenvalue weighted by atomic mass is 16.7. The number of hydrogen-bond acceptors (Lipinski definition) is 8. The van der Waals surface area contributed by atoms with Crippen LogP contribution in [-0.2, 0) is 11.4 Å². The molecule has 0 spiro atoms. The molecule has 0 saturated carbocycles. The fourth-order valence-corrected chi connectivity index (χ4v) is 3.58. The number of carbonyl (C=O) groups excluding carboxylic acids is 1. The van der Waals surface area contributed by atoms with E-state index in [2.05, 4.69) is 9.98 Å². The van der Waals surface area contributed by atoms with E-state index in [1.807, 2.05) is 26.0 Å². The van der Waals surface area contributed by atoms with Crippen LogP contribution >= 0.6 is 0 Å². The minimum Gasteiger partial charge on any atom is -0.493 e. The molecule has 1 aromatic heterocycles. The molecule has 8 heteroatoms. The Hall–Kier alpha value is -3.65. The van der Waals surface area contributed by atoms with Crippen LogP contribution in [0.2, 0.25) is 0 Å². The molecular formula is C24H25N3O5. The lowest BCUT2D eigenvalue weighted by Gasteiger charge is -2.17. The molecule has 2 aromatic carbocycles. The van der Waals surface area contributed by atoms with Gasteiger partial charge >= 0.3 is 0 Å². The van der Waals surface area contributed by atoms with Gasteiger partial charge in [0.2, 0.25) is 5.78 Å². The normalized spacial score (nSPS) is 13.4. The molecule has 166 valence electrons. The predicted octanol–water partition coefficient (Wildman–Crippen LogP) is 4.00. The summed E-state index contributed by atoms with van der Waals surface area (Å²) in [4.78, 5) is 27.4. The van der Waals surface area contributed by atoms with E-state index >= 15 is 0 Å². The smallest absolute Gasteiger partial charge is 0.212 e. The van der Waals surface area contributed by atoms with Gasteiger partial charge in [-0.15, -0.1) is 5.06 Å². The van der Waals surface area contributed by atoms with Crippen molar-refractivity contribution in [1.82, 2.24) is 10.0 Å². The summed E-state index contributed by atoms with van der Waals surface area (Å²) in [6.07, 6.45) is 3.10. The van der Waals surface area contributed by atoms with Crippen LogP contribution in [0.1, 0.15) is 35.5 Å². The highest BCUT2D eigenvalue weighted by molar-refractivity contribution is 6.15. The molecule has 1 aliphatic heterocycles. The van der Waals surface area contributed by atoms with Gasteiger partial charge in [0.15, 0.2) is 17.9 Å². The fourth-order valence-electron chi connectivity index (χ4n) is 3.58. The Morgan fingerprint density at radius 1 is 1.12 bits per heavy atom. The third-order valence-corrected chi connectivity index (χ3v) is 5.01. The van der Waals surface area contributed by atoms with Gasteiger partial charge in [0.05, 0.1) is 26.9 Å². The molecule has 32 heavy (non-hydrogen) atoms. The maximum absolute atomic E-state index is 13.5. The fraction of sp³-hybridized carbons (Fsp3) is 0.292. The highest BCUT2D eigenvalue weighted by Crippen LogP contribution is 2.36. The number of aromatic nitrogens is 1. The minimum atomic E-state index is -0.205. The first-order valence-electron chi connectivity index (χ1n) is 10.2. The van der Waals surface area contributed by atoms with Crippen molar-refractivity contribution in [2.45, 2.75) is 26.5 Å². The third kappa shape index (κ3) is 4.36. The van der Waals surface area contributed by atoms with Gasteiger partial charge < -0.3 is 19.0 Å². The third-order valence-electron chi connectivity index (χ3n) is 5.01. The zero-order valence-corrected chi connectivity index (χ0v) is 18.5. The van der Waals surface area contributed by atoms with Gasteiger partial charge in [-0.1, -0.05) is 12.1 Å². The van der Waals surface area contributed by atoms with Gasteiger partial charge in [-0.05, 0) is 49.1 Å². The minimum absolute atomic E-state index is 0.00658. The Morgan fingerprint density at radius 3 is 2.53 bits per heavy atom. The average molecular weight is 435 g/mol. The van der Waals surface area contributed by atoms with E-state index < -0.39 is 0 Å². The molecule has 1 aliphatic rings. The molecule has 0 fully saturated rings. The topological polar surface area (TPSA) is 82.5 Å². The Kier molecular flexibility index (Phi) is 6.23. The quantitative estimate of drug-likeness (QED) is 0.495. The number of pyridine rings is 1. The number of methoxy groups -OCH3 is 2. The average Bonchev–Trinajstić information content (AvgIpc) is 3.30. The van der Waals surface area contributed by atoms with E-state index in [1.165, 1.54) is 6.40 Å². The zero-order chi connectivity index (χ0) is 22.7. The first-order valence-corrected chi connectivity index (χ1v) is 10.2. The largest absolute Gasteiger partial charge is 0.493 e. The standard InChI is InChI=1S/C24H25N3O5/c1-15(2)32-18-7-5-6-16(8-18)24(28)23-20-10-22(30-4)21(29-3)9-19(20)17(11-26-23)12-27-13-25-14-31-27/h5-11,14-15H,12-13H2,1-4H3. The molecule has 0 N–H and O–H groups in total. The number of rotatable bonds is 8. The molecule has 4 rings (SSSR count). The molecule has 0 radical (unpaired) electrons. The lowest BCUT2D eigenvalue weighted by molar-refractivity contribution is -0.0516. The van der Waals surface area contributed by atoms with Crippen molar-refractivity contribution >= 4 is 23.0 Å². The number of nitrogens with zero attached hydrogens (tertiary/aromatic N) is 3. The number of ether oxygens (including phenoxy) is 3. The molecular weight excluding hydrogens is 410 g/mol. The summed E-state index contributed by atoms with van der Waals surface area (Å²) in [6.45, 7) is 4.76. The van der Waals surface area contributed by atoms with Crippen molar-refractivity contribution in [3.05, 3.63) is 59.4 Å². The van der Waals surface area contributed by atoms with Crippen LogP contribution in [-0.4, -0.2) is 49.2 Å². The molecule has 0 unspecified atom stereocenters. The number of hydrogen-bond donors (Lipinski definition) is 0. The van der Waals surface area contributed by atoms with Gasteiger partial charge in [-0.3, -0.25) is 9.78 Å². The number of carbonyl (C=O) groups is 1. The van der Waals surface area contributed by atoms with E-state index in [0.29, 0.717) is 47.1 Å². The monoisotopic (exact) mass is 435 g/mol. The van der Waals surface area contributed by atoms with Gasteiger partial charge in [0.25, 0.3) is 0 Å². The number of fused-ring (bicyclic) bond motifs is 1. The van der Waals surface area contributed by atoms with Crippen LogP contribution < -0.4 is 14.2 Å². The van der Waals surface area contributed by atoms with Crippen LogP contribution in [0, 0.1) is 0 Å². The van der Waals surface area contributed by atoms with E-state index in [1.54, 1.807) is 49.7 Å². The second kappa shape index (κ2) is 9.23. The number of hydroxylamine groups is 2. The van der Waals surface area contributed by atoms with Crippen LogP contribution in [0.15, 0.2) is 47.6 Å². The lowest BCUT2D eigenvalue weighted by atomic mass is 9.99. The Labute approximate surface area is 186 Å². The van der Waals surface area contributed by atoms with Gasteiger partial charge in [-0.25, -0.2) is 4.99 Å². The molecule has 8 nitrogen and oxygen atoms in total. The van der Waals surface area contributed by atoms with Crippen molar-refractivity contribution < 1.29 is 23.8 Å². The Morgan fingerprint density at radius 2 is 1.88 bits per heavy atom. The van der Waals surface area contributed by atoms with E-state index in [9.17, 15) is 4.79 Å². The molecule has 0 atom stereocenters. The highest BCUT2D eigenvalue weighted by Gasteiger charge is 2.21. The molecule has 3 aromatic rings. The van der Waals surface area contributed by atoms with Crippen LogP contribution in [0.4, 0.5) is 0 Å². The lowest BCUT2D eigenvalue weighted by Crippen LogP contribution is -2.19. The van der Waals surface area contributed by atoms with Crippen LogP contribution in [0.25, 0.3) is 10.8 Å². The Balaban J connectivity index is 1.81. The first kappa shape index (κ1) is 21.6. The molecule has 0 saturated heterocycles. The summed E-state index contributed by atoms with van der Waals surface area (Å²) in [5.74, 6) is 1.52. The Bertz CT molecular complexity index is 1170. The second-order valence-electron chi connectivity index (χ2n) is 7.58. The van der Waals surface area contributed by atoms with Gasteiger partial charge in [0, 0.05) is 17.1 Å². The molecule has 0 aliphatic carbocycles. The van der Waals surface area contributed by atoms with Crippen molar-refractivity contribution in [1.29, 1.82) is 0 Å². The van der Waals surface area contributed by atoms with E-state index in [0.717, 1.165) is 10.9 Å². The summed E-state index contributed by atoms with van der Waals surface area (Å²) in [5.41, 5.74) is 1.70. The maximum atomic E-state index is 13.5. The first-order chi connectivity index (χ1) is 15.5. The summed E-state index contributed by atoms with van der Waals surface area (Å²) in [5, 5.41) is 3.19. The van der Waals surface area contributed by atoms with Crippen molar-refractivity contribution in [3.63, 3.8) is 0 Å². The van der Waals surface area contributed by atoms with Crippen molar-refractivity contribution in [3.8, 4) is 17.2 Å². The molecule has 2 heterocycles. The van der Waals surface area contributed by atoms with Crippen LogP contribution in [0.3, 0.4) is 0 Å². The summed E-state index contributed by atoms with van der Waals surface area (Å²) in [6, 6.07) is 10.8. The summed E-state index contributed by atoms with van der Waals surface area (Å²) >= 11 is 0. The predicted molar refractivity (Wildman–Crippen MR) is 120 cm³/mol. The summed E-state index contributed by atoms with van der Waals surface area (Å²) < 4.78 is 16.7. The van der Waals surface area contributed by atoms with Crippen molar-refractivity contribution in [2.24, 2.45) is 4.99 Å². The van der Waals surface area contributed by atoms with Crippen molar-refractivity contribution in [2.75, 3.05) is 20.9 Å². The molecule has 0 amide bonds. The number of aliphatic imine (C=N–C) groups is 1. The van der Waals surface area contributed by atoms with Crippen LogP contribution in [0.5, 0.6) is 17.2 Å². The SMILES string of the molecule is COc1cc2c(CN3CN=CO3)cnc(C(=O)c3cccc(OC(C)C)c3)c2cc1OC. The van der Waals surface area contributed by atoms with Gasteiger partial charge in [-0.2, -0.15) is 0 Å². The number of ketones is 1. The van der Waals surface area contributed by atoms with E-state index in [-0.39, 0.29) is 11.9 Å². The zero-order valence-electron chi connectivity index (χ0n) is 18.5. The second-order valence-corrected chi connectivity index (χ2v) is 7.58. The summed E-state index contributed by atoms with van der Waals surface area (Å²) in [7, 11) is 3.14.